The van der Waals surface area contributed by atoms with Gasteiger partial charge in [0.25, 0.3) is 0 Å². The van der Waals surface area contributed by atoms with Gasteiger partial charge in [0, 0.05) is 11.0 Å². The number of carbonyl (C=O) groups is 1. The topological polar surface area (TPSA) is 38.3 Å². The third kappa shape index (κ3) is 4.74. The minimum Gasteiger partial charge on any atom is -0.465 e. The maximum atomic E-state index is 11.5. The van der Waals surface area contributed by atoms with Crippen LogP contribution in [0.4, 0.5) is 0 Å². The van der Waals surface area contributed by atoms with Crippen molar-refractivity contribution in [1.82, 2.24) is 5.32 Å². The van der Waals surface area contributed by atoms with Crippen molar-refractivity contribution in [3.63, 3.8) is 0 Å². The van der Waals surface area contributed by atoms with Crippen LogP contribution in [0.15, 0.2) is 0 Å². The zero-order valence-corrected chi connectivity index (χ0v) is 11.1. The molecule has 0 saturated heterocycles. The SMILES string of the molecule is CCOC(=O)C(CSC1CCCCC1)NC. The summed E-state index contributed by atoms with van der Waals surface area (Å²) in [6, 6.07) is -0.146. The van der Waals surface area contributed by atoms with Gasteiger partial charge in [0.2, 0.25) is 0 Å². The molecule has 16 heavy (non-hydrogen) atoms. The van der Waals surface area contributed by atoms with Crippen molar-refractivity contribution < 1.29 is 9.53 Å². The molecule has 0 aromatic rings. The highest BCUT2D eigenvalue weighted by molar-refractivity contribution is 7.99. The van der Waals surface area contributed by atoms with Crippen molar-refractivity contribution in [3.05, 3.63) is 0 Å². The molecule has 1 saturated carbocycles. The number of rotatable bonds is 6. The summed E-state index contributed by atoms with van der Waals surface area (Å²) in [5.41, 5.74) is 0. The molecule has 1 atom stereocenters. The van der Waals surface area contributed by atoms with Crippen molar-refractivity contribution in [3.8, 4) is 0 Å². The van der Waals surface area contributed by atoms with Crippen LogP contribution in [0, 0.1) is 0 Å². The average molecular weight is 245 g/mol. The summed E-state index contributed by atoms with van der Waals surface area (Å²) < 4.78 is 5.02. The average Bonchev–Trinajstić information content (AvgIpc) is 2.31. The van der Waals surface area contributed by atoms with Gasteiger partial charge in [0.05, 0.1) is 6.61 Å². The number of esters is 1. The molecule has 94 valence electrons. The summed E-state index contributed by atoms with van der Waals surface area (Å²) in [5, 5.41) is 3.78. The molecule has 4 heteroatoms. The molecule has 1 N–H and O–H groups in total. The second-order valence-corrected chi connectivity index (χ2v) is 5.52. The Kier molecular flexibility index (Phi) is 6.88. The van der Waals surface area contributed by atoms with E-state index in [-0.39, 0.29) is 12.0 Å². The molecule has 0 heterocycles. The van der Waals surface area contributed by atoms with E-state index >= 15 is 0 Å². The van der Waals surface area contributed by atoms with E-state index in [9.17, 15) is 4.79 Å². The molecule has 1 rings (SSSR count). The molecule has 0 aromatic carbocycles. The van der Waals surface area contributed by atoms with Crippen LogP contribution in [-0.4, -0.2) is 36.7 Å². The normalized spacial score (nSPS) is 19.4. The molecule has 1 unspecified atom stereocenters. The number of carbonyl (C=O) groups excluding carboxylic acids is 1. The Bertz CT molecular complexity index is 205. The quantitative estimate of drug-likeness (QED) is 0.728. The Morgan fingerprint density at radius 2 is 2.12 bits per heavy atom. The van der Waals surface area contributed by atoms with Crippen molar-refractivity contribution in [1.29, 1.82) is 0 Å². The van der Waals surface area contributed by atoms with Gasteiger partial charge in [-0.3, -0.25) is 4.79 Å². The fraction of sp³-hybridized carbons (Fsp3) is 0.917. The predicted molar refractivity (Wildman–Crippen MR) is 68.8 cm³/mol. The summed E-state index contributed by atoms with van der Waals surface area (Å²) in [4.78, 5) is 11.5. The van der Waals surface area contributed by atoms with Gasteiger partial charge in [-0.05, 0) is 26.8 Å². The smallest absolute Gasteiger partial charge is 0.323 e. The molecular formula is C12H23NO2S. The highest BCUT2D eigenvalue weighted by Gasteiger charge is 2.21. The Balaban J connectivity index is 2.24. The van der Waals surface area contributed by atoms with E-state index in [1.165, 1.54) is 32.1 Å². The van der Waals surface area contributed by atoms with Gasteiger partial charge in [-0.2, -0.15) is 11.8 Å². The molecule has 0 bridgehead atoms. The minimum absolute atomic E-state index is 0.117. The van der Waals surface area contributed by atoms with E-state index < -0.39 is 0 Å². The lowest BCUT2D eigenvalue weighted by molar-refractivity contribution is -0.144. The van der Waals surface area contributed by atoms with Crippen LogP contribution in [0.3, 0.4) is 0 Å². The van der Waals surface area contributed by atoms with Crippen molar-refractivity contribution in [2.45, 2.75) is 50.3 Å². The molecule has 0 aromatic heterocycles. The fourth-order valence-electron chi connectivity index (χ4n) is 1.98. The highest BCUT2D eigenvalue weighted by Crippen LogP contribution is 2.28. The Hall–Kier alpha value is -0.220. The number of hydrogen-bond acceptors (Lipinski definition) is 4. The standard InChI is InChI=1S/C12H23NO2S/c1-3-15-12(14)11(13-2)9-16-10-7-5-4-6-8-10/h10-11,13H,3-9H2,1-2H3. The van der Waals surface area contributed by atoms with Crippen molar-refractivity contribution in [2.75, 3.05) is 19.4 Å². The highest BCUT2D eigenvalue weighted by atomic mass is 32.2. The largest absolute Gasteiger partial charge is 0.465 e. The monoisotopic (exact) mass is 245 g/mol. The summed E-state index contributed by atoms with van der Waals surface area (Å²) in [6.07, 6.45) is 6.70. The van der Waals surface area contributed by atoms with E-state index in [4.69, 9.17) is 4.74 Å². The van der Waals surface area contributed by atoms with Crippen molar-refractivity contribution >= 4 is 17.7 Å². The molecule has 1 fully saturated rings. The Morgan fingerprint density at radius 3 is 2.69 bits per heavy atom. The maximum Gasteiger partial charge on any atom is 0.323 e. The minimum atomic E-state index is -0.146. The number of thioether (sulfide) groups is 1. The van der Waals surface area contributed by atoms with Gasteiger partial charge in [0.15, 0.2) is 0 Å². The van der Waals surface area contributed by atoms with E-state index in [0.29, 0.717) is 6.61 Å². The number of likely N-dealkylation sites (N-methyl/N-ethyl adjacent to an activating group) is 1. The molecule has 1 aliphatic carbocycles. The zero-order valence-electron chi connectivity index (χ0n) is 10.3. The molecule has 0 amide bonds. The maximum absolute atomic E-state index is 11.5. The van der Waals surface area contributed by atoms with Crippen LogP contribution in [0.1, 0.15) is 39.0 Å². The van der Waals surface area contributed by atoms with E-state index in [2.05, 4.69) is 5.32 Å². The van der Waals surface area contributed by atoms with Gasteiger partial charge >= 0.3 is 5.97 Å². The summed E-state index contributed by atoms with van der Waals surface area (Å²) in [7, 11) is 1.82. The molecular weight excluding hydrogens is 222 g/mol. The van der Waals surface area contributed by atoms with Crippen LogP contribution in [0.5, 0.6) is 0 Å². The van der Waals surface area contributed by atoms with Crippen LogP contribution in [-0.2, 0) is 9.53 Å². The third-order valence-electron chi connectivity index (χ3n) is 2.97. The number of nitrogens with one attached hydrogen (secondary N) is 1. The Morgan fingerprint density at radius 1 is 1.44 bits per heavy atom. The lowest BCUT2D eigenvalue weighted by Gasteiger charge is -2.23. The first kappa shape index (κ1) is 13.8. The van der Waals surface area contributed by atoms with E-state index in [1.54, 1.807) is 0 Å². The molecule has 0 aliphatic heterocycles. The lowest BCUT2D eigenvalue weighted by atomic mass is 10.0. The Labute approximate surface area is 103 Å². The predicted octanol–water partition coefficient (Wildman–Crippen LogP) is 2.20. The molecule has 3 nitrogen and oxygen atoms in total. The summed E-state index contributed by atoms with van der Waals surface area (Å²) >= 11 is 1.92. The van der Waals surface area contributed by atoms with Gasteiger partial charge in [-0.15, -0.1) is 0 Å². The van der Waals surface area contributed by atoms with E-state index in [0.717, 1.165) is 11.0 Å². The fourth-order valence-corrected chi connectivity index (χ4v) is 3.41. The second-order valence-electron chi connectivity index (χ2n) is 4.19. The zero-order chi connectivity index (χ0) is 11.8. The van der Waals surface area contributed by atoms with Crippen LogP contribution >= 0.6 is 11.8 Å². The van der Waals surface area contributed by atoms with Gasteiger partial charge in [0.1, 0.15) is 6.04 Å². The van der Waals surface area contributed by atoms with Gasteiger partial charge < -0.3 is 10.1 Å². The van der Waals surface area contributed by atoms with Gasteiger partial charge in [-0.1, -0.05) is 19.3 Å². The first-order valence-corrected chi connectivity index (χ1v) is 7.28. The third-order valence-corrected chi connectivity index (χ3v) is 4.44. The first-order valence-electron chi connectivity index (χ1n) is 6.23. The number of ether oxygens (including phenoxy) is 1. The number of hydrogen-bond donors (Lipinski definition) is 1. The van der Waals surface area contributed by atoms with Crippen LogP contribution < -0.4 is 5.32 Å². The van der Waals surface area contributed by atoms with Crippen LogP contribution in [0.25, 0.3) is 0 Å². The van der Waals surface area contributed by atoms with Crippen molar-refractivity contribution in [2.24, 2.45) is 0 Å². The lowest BCUT2D eigenvalue weighted by Crippen LogP contribution is -2.38. The molecule has 0 radical (unpaired) electrons. The first-order chi connectivity index (χ1) is 7.77. The molecule has 0 spiro atoms. The van der Waals surface area contributed by atoms with Gasteiger partial charge in [-0.25, -0.2) is 0 Å². The second kappa shape index (κ2) is 7.96. The summed E-state index contributed by atoms with van der Waals surface area (Å²) in [5.74, 6) is 0.716. The summed E-state index contributed by atoms with van der Waals surface area (Å²) in [6.45, 7) is 2.31. The molecule has 1 aliphatic rings. The van der Waals surface area contributed by atoms with E-state index in [1.807, 2.05) is 25.7 Å². The van der Waals surface area contributed by atoms with Crippen LogP contribution in [0.2, 0.25) is 0 Å².